The first-order chi connectivity index (χ1) is 58.2. The number of anilines is 2. The van der Waals surface area contributed by atoms with Gasteiger partial charge in [-0.2, -0.15) is 0 Å². The van der Waals surface area contributed by atoms with E-state index in [2.05, 4.69) is 231 Å². The Bertz CT molecular complexity index is 5550. The first-order valence-corrected chi connectivity index (χ1v) is 48.3. The van der Waals surface area contributed by atoms with E-state index in [1.165, 1.54) is 227 Å². The zero-order valence-corrected chi connectivity index (χ0v) is 80.1. The molecule has 0 saturated heterocycles. The van der Waals surface area contributed by atoms with Gasteiger partial charge in [-0.1, -0.05) is 339 Å². The van der Waals surface area contributed by atoms with Gasteiger partial charge in [0, 0.05) is 126 Å². The molecule has 0 fully saturated rings. The van der Waals surface area contributed by atoms with Gasteiger partial charge in [-0.15, -0.1) is 12.3 Å². The zero-order valence-electron chi connectivity index (χ0n) is 70.5. The van der Waals surface area contributed by atoms with Crippen LogP contribution in [0.4, 0.5) is 11.4 Å². The van der Waals surface area contributed by atoms with Gasteiger partial charge in [-0.3, -0.25) is 14.4 Å². The van der Waals surface area contributed by atoms with Gasteiger partial charge in [0.2, 0.25) is 11.6 Å². The van der Waals surface area contributed by atoms with E-state index < -0.39 is 17.5 Å². The highest BCUT2D eigenvalue weighted by atomic mass is 79.9. The SMILES string of the molecule is Brc1cc2c3c(cc(Br)cc3c1)-c1nc3cc(Br)ccc3nc1-2.C#CCCCCCCCCCC.CC(=O)O.CCCCCCCCCCC#Cc1cc2c3c(cc(C#CCCCCCCCCCC)cc3c1)-c1nc3cc(C#CCCCCCCCCCC)ccc3nc1-2.Nc1ccc(Br)cc1N.O=C1C(=O)c2cc(Br)cc3cc(Br)cc1c23. The van der Waals surface area contributed by atoms with Crippen LogP contribution >= 0.6 is 95.6 Å². The van der Waals surface area contributed by atoms with Gasteiger partial charge in [0.1, 0.15) is 0 Å². The molecule has 2 aromatic heterocycles. The van der Waals surface area contributed by atoms with Crippen molar-refractivity contribution >= 4 is 179 Å². The molecule has 0 atom stereocenters. The van der Waals surface area contributed by atoms with Crippen molar-refractivity contribution in [3.63, 3.8) is 0 Å². The third-order valence-corrected chi connectivity index (χ3v) is 24.2. The van der Waals surface area contributed by atoms with Gasteiger partial charge in [-0.05, 0) is 169 Å². The molecule has 0 spiro atoms. The van der Waals surface area contributed by atoms with Crippen LogP contribution in [0.3, 0.4) is 0 Å². The summed E-state index contributed by atoms with van der Waals surface area (Å²) in [6.07, 6.45) is 51.7. The number of hydrogen-bond acceptors (Lipinski definition) is 9. The molecule has 5 N–H and O–H groups in total. The van der Waals surface area contributed by atoms with Gasteiger partial charge >= 0.3 is 0 Å². The number of carbonyl (C=O) groups excluding carboxylic acids is 2. The minimum Gasteiger partial charge on any atom is -0.481 e. The predicted molar refractivity (Wildman–Crippen MR) is 529 cm³/mol. The Balaban J connectivity index is 0.000000205. The van der Waals surface area contributed by atoms with E-state index in [1.807, 2.05) is 36.4 Å². The van der Waals surface area contributed by atoms with E-state index in [9.17, 15) is 9.59 Å². The van der Waals surface area contributed by atoms with Crippen LogP contribution in [0, 0.1) is 47.9 Å². The van der Waals surface area contributed by atoms with Gasteiger partial charge < -0.3 is 16.6 Å². The summed E-state index contributed by atoms with van der Waals surface area (Å²) in [6, 6.07) is 42.5. The number of hydrogen-bond donors (Lipinski definition) is 3. The van der Waals surface area contributed by atoms with Crippen molar-refractivity contribution in [2.45, 2.75) is 266 Å². The summed E-state index contributed by atoms with van der Waals surface area (Å²) in [6.45, 7) is 10.2. The van der Waals surface area contributed by atoms with Crippen LogP contribution in [0.1, 0.15) is 303 Å². The number of carboxylic acids is 1. The fourth-order valence-electron chi connectivity index (χ4n) is 15.2. The number of fused-ring (bicyclic) bond motifs is 8. The van der Waals surface area contributed by atoms with Crippen LogP contribution in [0.15, 0.2) is 154 Å². The van der Waals surface area contributed by atoms with E-state index in [1.54, 1.807) is 24.3 Å². The Labute approximate surface area is 763 Å². The molecule has 0 radical (unpaired) electrons. The number of nitrogen functional groups attached to an aromatic ring is 2. The molecule has 626 valence electrons. The lowest BCUT2D eigenvalue weighted by Crippen LogP contribution is -2.06. The lowest BCUT2D eigenvalue weighted by molar-refractivity contribution is -0.134. The molecule has 120 heavy (non-hydrogen) atoms. The lowest BCUT2D eigenvalue weighted by Gasteiger charge is -2.05. The first-order valence-electron chi connectivity index (χ1n) is 43.5. The average molecular weight is 1990 g/mol. The van der Waals surface area contributed by atoms with Gasteiger partial charge in [0.25, 0.3) is 5.97 Å². The Morgan fingerprint density at radius 3 is 0.983 bits per heavy atom. The summed E-state index contributed by atoms with van der Waals surface area (Å²) in [5.74, 6) is 22.0. The third kappa shape index (κ3) is 29.1. The molecule has 2 heterocycles. The maximum atomic E-state index is 11.8. The monoisotopic (exact) mass is 1980 g/mol. The molecule has 3 aliphatic carbocycles. The molecule has 10 nitrogen and oxygen atoms in total. The number of terminal acetylenes is 1. The maximum absolute atomic E-state index is 11.8. The number of nitrogens with zero attached hydrogens (tertiary/aromatic N) is 4. The third-order valence-electron chi connectivity index (χ3n) is 21.4. The topological polar surface area (TPSA) is 175 Å². The highest BCUT2D eigenvalue weighted by Gasteiger charge is 2.32. The van der Waals surface area contributed by atoms with Crippen molar-refractivity contribution in [3.05, 3.63) is 182 Å². The smallest absolute Gasteiger partial charge is 0.300 e. The second kappa shape index (κ2) is 51.2. The maximum Gasteiger partial charge on any atom is 0.300 e. The summed E-state index contributed by atoms with van der Waals surface area (Å²) in [4.78, 5) is 52.8. The molecule has 3 aliphatic rings. The molecule has 0 bridgehead atoms. The summed E-state index contributed by atoms with van der Waals surface area (Å²) in [5, 5.41) is 13.9. The van der Waals surface area contributed by atoms with Crippen molar-refractivity contribution in [1.29, 1.82) is 0 Å². The minimum atomic E-state index is -0.833. The first kappa shape index (κ1) is 95.8. The van der Waals surface area contributed by atoms with E-state index in [4.69, 9.17) is 47.7 Å². The van der Waals surface area contributed by atoms with Crippen molar-refractivity contribution in [3.8, 4) is 92.9 Å². The molecule has 0 unspecified atom stereocenters. The Kier molecular flexibility index (Phi) is 40.8. The molecule has 0 saturated carbocycles. The summed E-state index contributed by atoms with van der Waals surface area (Å²) in [7, 11) is 0. The molecule has 11 aromatic rings. The fourth-order valence-corrected chi connectivity index (χ4v) is 17.9. The normalized spacial score (nSPS) is 11.3. The van der Waals surface area contributed by atoms with Crippen molar-refractivity contribution < 1.29 is 19.5 Å². The van der Waals surface area contributed by atoms with Crippen LogP contribution in [-0.2, 0) is 4.79 Å². The molecule has 0 amide bonds. The number of nitrogens with two attached hydrogens (primary N) is 2. The van der Waals surface area contributed by atoms with E-state index in [-0.39, 0.29) is 0 Å². The van der Waals surface area contributed by atoms with Gasteiger partial charge in [-0.25, -0.2) is 19.9 Å². The molecule has 16 heteroatoms. The van der Waals surface area contributed by atoms with Crippen LogP contribution in [0.25, 0.3) is 99.4 Å². The standard InChI is InChI=1S/C54H70N2.C18H7Br3N2.C12H4Br2O2.C12H22.C6H7BrN2.C2H4O2/c1-4-7-10-13-16-19-22-25-28-31-34-44-37-38-50-51(43-44)56-54-49-42-46(36-33-30-27-24-21-18-15-12-9-6-3)40-47-39-45(41-48(52(47)49)53(54)55-50)35-32-29-26-23-20-17-14-11-8-5-2;19-9-1-2-14-15(7-9)23-18-13-6-11(21)4-8-3-10(20)5-12(16(8)13)17(18)22-14;13-6-1-5-2-7(14)4-9-10(5)8(3-6)11(15)12(9)16;1-3-5-7-9-11-12-10-8-6-4-2;7-4-1-2-5(8)6(9)3-4;1-2(3)4/h37-43H,4-30H2,1-3H3;1-7H;1-4H;1H,4-12H2,2H3;1-3H,8-9H2;1H3,(H,3,4). The number of carbonyl (C=O) groups is 3. The van der Waals surface area contributed by atoms with Crippen LogP contribution in [0.5, 0.6) is 0 Å². The van der Waals surface area contributed by atoms with Crippen LogP contribution < -0.4 is 11.5 Å². The van der Waals surface area contributed by atoms with Crippen molar-refractivity contribution in [1.82, 2.24) is 19.9 Å². The molecular formula is C104H114Br6N6O4. The summed E-state index contributed by atoms with van der Waals surface area (Å²) >= 11 is 20.7. The summed E-state index contributed by atoms with van der Waals surface area (Å²) in [5.41, 5.74) is 28.3. The Morgan fingerprint density at radius 2 is 0.617 bits per heavy atom. The largest absolute Gasteiger partial charge is 0.481 e. The predicted octanol–water partition coefficient (Wildman–Crippen LogP) is 32.4. The molecular weight excluding hydrogens is 1880 g/mol. The average Bonchev–Trinajstić information content (AvgIpc) is 1.59. The number of carboxylic acid groups (broad SMARTS) is 1. The molecule has 9 aromatic carbocycles. The van der Waals surface area contributed by atoms with Crippen LogP contribution in [0.2, 0.25) is 0 Å². The molecule has 14 rings (SSSR count). The van der Waals surface area contributed by atoms with Gasteiger partial charge in [0.15, 0.2) is 0 Å². The highest BCUT2D eigenvalue weighted by Crippen LogP contribution is 2.50. The fraction of sp³-hybridized carbons (Fsp3) is 0.394. The van der Waals surface area contributed by atoms with E-state index in [0.717, 1.165) is 154 Å². The number of aromatic nitrogens is 4. The zero-order chi connectivity index (χ0) is 85.7. The Morgan fingerprint density at radius 1 is 0.325 bits per heavy atom. The number of unbranched alkanes of at least 4 members (excludes halogenated alkanes) is 32. The Hall–Kier alpha value is -8.03. The van der Waals surface area contributed by atoms with Crippen LogP contribution in [-0.4, -0.2) is 42.6 Å². The number of benzene rings is 9. The van der Waals surface area contributed by atoms with Crippen molar-refractivity contribution in [2.75, 3.05) is 11.5 Å². The van der Waals surface area contributed by atoms with Gasteiger partial charge in [0.05, 0.1) is 56.2 Å². The number of rotatable bonds is 32. The quantitative estimate of drug-likeness (QED) is 0.0159. The minimum absolute atomic E-state index is 0.417. The summed E-state index contributed by atoms with van der Waals surface area (Å²) < 4.78 is 5.68. The lowest BCUT2D eigenvalue weighted by atomic mass is 9.98. The van der Waals surface area contributed by atoms with E-state index >= 15 is 0 Å². The second-order valence-corrected chi connectivity index (χ2v) is 36.8. The number of aliphatic carboxylic acids is 1. The highest BCUT2D eigenvalue weighted by molar-refractivity contribution is 9.11. The van der Waals surface area contributed by atoms with Crippen molar-refractivity contribution in [2.24, 2.45) is 0 Å². The number of ketones is 2. The number of halogens is 6. The van der Waals surface area contributed by atoms with E-state index in [0.29, 0.717) is 22.5 Å². The number of Topliss-reactive ketones (excluding diaryl/α,β-unsaturated/α-hetero) is 2. The second-order valence-electron chi connectivity index (χ2n) is 31.3. The molecule has 0 aliphatic heterocycles.